The summed E-state index contributed by atoms with van der Waals surface area (Å²) in [5, 5.41) is 1.23. The summed E-state index contributed by atoms with van der Waals surface area (Å²) in [4.78, 5) is 23.4. The van der Waals surface area contributed by atoms with Gasteiger partial charge in [-0.25, -0.2) is 9.97 Å². The predicted octanol–water partition coefficient (Wildman–Crippen LogP) is 4.00. The number of halogens is 2. The van der Waals surface area contributed by atoms with E-state index in [2.05, 4.69) is 14.9 Å². The number of carbonyl (C=O) groups excluding carboxylic acids is 1. The molecular weight excluding hydrogens is 345 g/mol. The lowest BCUT2D eigenvalue weighted by Crippen LogP contribution is -2.42. The molecule has 2 aliphatic heterocycles. The van der Waals surface area contributed by atoms with E-state index in [4.69, 9.17) is 23.2 Å². The number of nitrogens with zero attached hydrogens (tertiary/aromatic N) is 3. The Bertz CT molecular complexity index is 796. The molecule has 4 rings (SSSR count). The Balaban J connectivity index is 1.49. The Morgan fingerprint density at radius 1 is 1.29 bits per heavy atom. The van der Waals surface area contributed by atoms with Crippen LogP contribution >= 0.6 is 23.2 Å². The molecule has 6 heteroatoms. The molecule has 2 atom stereocenters. The van der Waals surface area contributed by atoms with Gasteiger partial charge in [0, 0.05) is 40.7 Å². The lowest BCUT2D eigenvalue weighted by molar-refractivity contribution is -0.134. The minimum Gasteiger partial charge on any atom is -0.332 e. The van der Waals surface area contributed by atoms with Crippen molar-refractivity contribution in [2.45, 2.75) is 44.2 Å². The first-order valence-corrected chi connectivity index (χ1v) is 8.93. The van der Waals surface area contributed by atoms with E-state index in [0.29, 0.717) is 22.9 Å². The van der Waals surface area contributed by atoms with Gasteiger partial charge in [0.2, 0.25) is 5.91 Å². The molecule has 124 valence electrons. The van der Waals surface area contributed by atoms with Crippen LogP contribution in [-0.2, 0) is 17.6 Å². The van der Waals surface area contributed by atoms with Gasteiger partial charge in [0.25, 0.3) is 0 Å². The van der Waals surface area contributed by atoms with Gasteiger partial charge in [0.15, 0.2) is 0 Å². The van der Waals surface area contributed by atoms with E-state index in [1.54, 1.807) is 12.4 Å². The highest BCUT2D eigenvalue weighted by atomic mass is 35.5. The SMILES string of the molecule is O=C(CCc1ccc(Cl)cc1Cl)N1C2CCC1c1cncnc1C2. The van der Waals surface area contributed by atoms with Gasteiger partial charge in [-0.05, 0) is 37.0 Å². The maximum Gasteiger partial charge on any atom is 0.223 e. The van der Waals surface area contributed by atoms with Crippen molar-refractivity contribution in [1.29, 1.82) is 0 Å². The van der Waals surface area contributed by atoms with Crippen LogP contribution in [0.1, 0.15) is 42.1 Å². The molecule has 1 saturated heterocycles. The fraction of sp³-hybridized carbons (Fsp3) is 0.389. The zero-order valence-corrected chi connectivity index (χ0v) is 14.6. The number of aryl methyl sites for hydroxylation is 1. The molecule has 2 bridgehead atoms. The van der Waals surface area contributed by atoms with E-state index in [1.165, 1.54) is 0 Å². The molecule has 1 aromatic carbocycles. The van der Waals surface area contributed by atoms with E-state index >= 15 is 0 Å². The molecule has 0 radical (unpaired) electrons. The largest absolute Gasteiger partial charge is 0.332 e. The lowest BCUT2D eigenvalue weighted by atomic mass is 9.98. The maximum absolute atomic E-state index is 12.8. The second kappa shape index (κ2) is 6.34. The Labute approximate surface area is 150 Å². The zero-order valence-electron chi connectivity index (χ0n) is 13.1. The van der Waals surface area contributed by atoms with Crippen LogP contribution in [0.2, 0.25) is 10.0 Å². The molecule has 1 aromatic heterocycles. The van der Waals surface area contributed by atoms with Crippen molar-refractivity contribution in [3.63, 3.8) is 0 Å². The van der Waals surface area contributed by atoms with Crippen LogP contribution in [0.4, 0.5) is 0 Å². The molecule has 3 heterocycles. The van der Waals surface area contributed by atoms with Crippen LogP contribution in [0.5, 0.6) is 0 Å². The van der Waals surface area contributed by atoms with Crippen molar-refractivity contribution in [3.8, 4) is 0 Å². The standard InChI is InChI=1S/C18H17Cl2N3O/c19-12-3-1-11(15(20)7-12)2-6-18(24)23-13-4-5-17(23)14-9-21-10-22-16(14)8-13/h1,3,7,9-10,13,17H,2,4-6,8H2. The monoisotopic (exact) mass is 361 g/mol. The van der Waals surface area contributed by atoms with Crippen LogP contribution in [0.25, 0.3) is 0 Å². The van der Waals surface area contributed by atoms with Gasteiger partial charge >= 0.3 is 0 Å². The van der Waals surface area contributed by atoms with E-state index in [-0.39, 0.29) is 18.0 Å². The number of aromatic nitrogens is 2. The van der Waals surface area contributed by atoms with Gasteiger partial charge in [-0.1, -0.05) is 29.3 Å². The first-order chi connectivity index (χ1) is 11.6. The number of benzene rings is 1. The Kier molecular flexibility index (Phi) is 4.19. The molecule has 2 aromatic rings. The fourth-order valence-corrected chi connectivity index (χ4v) is 4.40. The summed E-state index contributed by atoms with van der Waals surface area (Å²) < 4.78 is 0. The van der Waals surface area contributed by atoms with Crippen LogP contribution in [0.15, 0.2) is 30.7 Å². The van der Waals surface area contributed by atoms with Crippen molar-refractivity contribution in [3.05, 3.63) is 57.6 Å². The molecule has 1 fully saturated rings. The van der Waals surface area contributed by atoms with E-state index in [9.17, 15) is 4.79 Å². The quantitative estimate of drug-likeness (QED) is 0.829. The summed E-state index contributed by atoms with van der Waals surface area (Å²) in [6.07, 6.45) is 7.41. The van der Waals surface area contributed by atoms with Gasteiger partial charge in [-0.2, -0.15) is 0 Å². The molecule has 0 spiro atoms. The molecule has 1 amide bonds. The second-order valence-electron chi connectivity index (χ2n) is 6.41. The van der Waals surface area contributed by atoms with Gasteiger partial charge in [0.1, 0.15) is 6.33 Å². The third-order valence-corrected chi connectivity index (χ3v) is 5.62. The maximum atomic E-state index is 12.8. The molecule has 4 nitrogen and oxygen atoms in total. The van der Waals surface area contributed by atoms with Gasteiger partial charge in [-0.3, -0.25) is 4.79 Å². The van der Waals surface area contributed by atoms with Crippen molar-refractivity contribution in [2.24, 2.45) is 0 Å². The third kappa shape index (κ3) is 2.78. The van der Waals surface area contributed by atoms with Crippen molar-refractivity contribution < 1.29 is 4.79 Å². The molecule has 0 aliphatic carbocycles. The number of hydrogen-bond acceptors (Lipinski definition) is 3. The first-order valence-electron chi connectivity index (χ1n) is 8.17. The van der Waals surface area contributed by atoms with Gasteiger partial charge in [-0.15, -0.1) is 0 Å². The highest BCUT2D eigenvalue weighted by Crippen LogP contribution is 2.43. The average Bonchev–Trinajstić information content (AvgIpc) is 2.89. The van der Waals surface area contributed by atoms with E-state index in [0.717, 1.165) is 36.1 Å². The normalized spacial score (nSPS) is 21.7. The van der Waals surface area contributed by atoms with Crippen LogP contribution in [0.3, 0.4) is 0 Å². The van der Waals surface area contributed by atoms with Crippen LogP contribution in [-0.4, -0.2) is 26.8 Å². The topological polar surface area (TPSA) is 46.1 Å². The first kappa shape index (κ1) is 15.9. The summed E-state index contributed by atoms with van der Waals surface area (Å²) >= 11 is 12.1. The summed E-state index contributed by atoms with van der Waals surface area (Å²) in [5.74, 6) is 0.183. The van der Waals surface area contributed by atoms with Gasteiger partial charge in [0.05, 0.1) is 11.7 Å². The van der Waals surface area contributed by atoms with Crippen LogP contribution in [0, 0.1) is 0 Å². The highest BCUT2D eigenvalue weighted by molar-refractivity contribution is 6.35. The zero-order chi connectivity index (χ0) is 16.7. The molecular formula is C18H17Cl2N3O. The van der Waals surface area contributed by atoms with Crippen molar-refractivity contribution in [2.75, 3.05) is 0 Å². The number of amides is 1. The van der Waals surface area contributed by atoms with Gasteiger partial charge < -0.3 is 4.90 Å². The Morgan fingerprint density at radius 2 is 2.17 bits per heavy atom. The minimum atomic E-state index is 0.133. The third-order valence-electron chi connectivity index (χ3n) is 5.03. The fourth-order valence-electron chi connectivity index (χ4n) is 3.90. The second-order valence-corrected chi connectivity index (χ2v) is 7.26. The van der Waals surface area contributed by atoms with Crippen molar-refractivity contribution in [1.82, 2.24) is 14.9 Å². The summed E-state index contributed by atoms with van der Waals surface area (Å²) in [6.45, 7) is 0. The average molecular weight is 362 g/mol. The molecule has 0 saturated carbocycles. The number of fused-ring (bicyclic) bond motifs is 4. The van der Waals surface area contributed by atoms with Crippen LogP contribution < -0.4 is 0 Å². The lowest BCUT2D eigenvalue weighted by Gasteiger charge is -2.35. The van der Waals surface area contributed by atoms with Crippen molar-refractivity contribution >= 4 is 29.1 Å². The summed E-state index contributed by atoms with van der Waals surface area (Å²) in [5.41, 5.74) is 3.17. The molecule has 0 N–H and O–H groups in total. The molecule has 2 unspecified atom stereocenters. The number of rotatable bonds is 3. The Morgan fingerprint density at radius 3 is 3.00 bits per heavy atom. The smallest absolute Gasteiger partial charge is 0.223 e. The number of carbonyl (C=O) groups is 1. The molecule has 24 heavy (non-hydrogen) atoms. The summed E-state index contributed by atoms with van der Waals surface area (Å²) in [6, 6.07) is 5.83. The van der Waals surface area contributed by atoms with E-state index < -0.39 is 0 Å². The summed E-state index contributed by atoms with van der Waals surface area (Å²) in [7, 11) is 0. The van der Waals surface area contributed by atoms with E-state index in [1.807, 2.05) is 18.3 Å². The highest BCUT2D eigenvalue weighted by Gasteiger charge is 2.42. The minimum absolute atomic E-state index is 0.133. The molecule has 2 aliphatic rings. The number of hydrogen-bond donors (Lipinski definition) is 0. The Hall–Kier alpha value is -1.65. The predicted molar refractivity (Wildman–Crippen MR) is 93.1 cm³/mol.